The molecule has 2 nitrogen and oxygen atoms in total. The van der Waals surface area contributed by atoms with E-state index in [9.17, 15) is 10.2 Å². The first kappa shape index (κ1) is 22.6. The van der Waals surface area contributed by atoms with E-state index in [1.165, 1.54) is 61.4 Å². The first-order valence-electron chi connectivity index (χ1n) is 12.1. The molecular weight excluding hydrogens is 400 g/mol. The monoisotopic (exact) mass is 438 g/mol. The molecule has 4 rings (SSSR count). The lowest BCUT2D eigenvalue weighted by Gasteiger charge is -2.36. The molecule has 0 saturated heterocycles. The van der Waals surface area contributed by atoms with E-state index in [0.29, 0.717) is 11.5 Å². The number of aromatic hydroxyl groups is 2. The Labute approximate surface area is 192 Å². The second-order valence-electron chi connectivity index (χ2n) is 10.7. The molecule has 0 atom stereocenters. The van der Waals surface area contributed by atoms with Gasteiger partial charge in [-0.3, -0.25) is 0 Å². The molecule has 0 unspecified atom stereocenters. The van der Waals surface area contributed by atoms with E-state index in [4.69, 9.17) is 0 Å². The van der Waals surface area contributed by atoms with E-state index in [2.05, 4.69) is 52.0 Å². The molecule has 0 spiro atoms. The van der Waals surface area contributed by atoms with Crippen LogP contribution >= 0.6 is 11.8 Å². The summed E-state index contributed by atoms with van der Waals surface area (Å²) < 4.78 is 0. The van der Waals surface area contributed by atoms with Gasteiger partial charge in [0.15, 0.2) is 0 Å². The molecule has 2 aromatic rings. The molecule has 0 aromatic heterocycles. The smallest absolute Gasteiger partial charge is 0.133 e. The van der Waals surface area contributed by atoms with Crippen LogP contribution in [0.2, 0.25) is 0 Å². The van der Waals surface area contributed by atoms with Crippen LogP contribution in [0.5, 0.6) is 11.5 Å². The molecule has 3 heteroatoms. The predicted octanol–water partition coefficient (Wildman–Crippen LogP) is 8.31. The van der Waals surface area contributed by atoms with Crippen molar-refractivity contribution in [2.24, 2.45) is 0 Å². The van der Waals surface area contributed by atoms with Crippen LogP contribution in [0.3, 0.4) is 0 Å². The van der Waals surface area contributed by atoms with Crippen LogP contribution in [-0.4, -0.2) is 10.2 Å². The Morgan fingerprint density at radius 3 is 1.32 bits per heavy atom. The van der Waals surface area contributed by atoms with Crippen molar-refractivity contribution in [3.8, 4) is 11.5 Å². The van der Waals surface area contributed by atoms with Crippen LogP contribution in [0.25, 0.3) is 0 Å². The summed E-state index contributed by atoms with van der Waals surface area (Å²) in [7, 11) is 0. The highest BCUT2D eigenvalue weighted by atomic mass is 32.2. The van der Waals surface area contributed by atoms with E-state index in [1.807, 2.05) is 0 Å². The molecule has 0 heterocycles. The van der Waals surface area contributed by atoms with Gasteiger partial charge >= 0.3 is 0 Å². The zero-order chi connectivity index (χ0) is 22.2. The molecule has 0 aliphatic heterocycles. The van der Waals surface area contributed by atoms with E-state index < -0.39 is 0 Å². The zero-order valence-corrected chi connectivity index (χ0v) is 20.5. The van der Waals surface area contributed by atoms with Crippen molar-refractivity contribution in [1.29, 1.82) is 0 Å². The number of phenols is 2. The summed E-state index contributed by atoms with van der Waals surface area (Å²) in [5, 5.41) is 22.6. The van der Waals surface area contributed by atoms with Crippen LogP contribution < -0.4 is 0 Å². The summed E-state index contributed by atoms with van der Waals surface area (Å²) in [6.07, 6.45) is 12.0. The highest BCUT2D eigenvalue weighted by Crippen LogP contribution is 2.51. The highest BCUT2D eigenvalue weighted by Gasteiger charge is 2.34. The van der Waals surface area contributed by atoms with Crippen LogP contribution in [-0.2, 0) is 10.8 Å². The molecule has 2 saturated carbocycles. The molecule has 0 radical (unpaired) electrons. The Bertz CT molecular complexity index is 872. The quantitative estimate of drug-likeness (QED) is 0.504. The van der Waals surface area contributed by atoms with Crippen molar-refractivity contribution in [3.05, 3.63) is 46.5 Å². The van der Waals surface area contributed by atoms with E-state index in [1.54, 1.807) is 0 Å². The molecule has 2 aliphatic rings. The number of aryl methyl sites for hydroxylation is 2. The molecule has 2 aliphatic carbocycles. The topological polar surface area (TPSA) is 40.5 Å². The summed E-state index contributed by atoms with van der Waals surface area (Å²) in [5.41, 5.74) is 4.60. The molecule has 2 aromatic carbocycles. The fraction of sp³-hybridized carbons (Fsp3) is 0.571. The van der Waals surface area contributed by atoms with E-state index >= 15 is 0 Å². The molecule has 2 N–H and O–H groups in total. The summed E-state index contributed by atoms with van der Waals surface area (Å²) in [6.45, 7) is 8.84. The number of benzene rings is 2. The Morgan fingerprint density at radius 1 is 0.613 bits per heavy atom. The fourth-order valence-corrected chi connectivity index (χ4v) is 7.03. The Morgan fingerprint density at radius 2 is 0.968 bits per heavy atom. The first-order chi connectivity index (χ1) is 14.7. The van der Waals surface area contributed by atoms with Crippen LogP contribution in [0.1, 0.15) is 100 Å². The number of hydrogen-bond donors (Lipinski definition) is 2. The van der Waals surface area contributed by atoms with Crippen molar-refractivity contribution in [3.63, 3.8) is 0 Å². The number of phenolic OH excluding ortho intramolecular Hbond substituents is 2. The van der Waals surface area contributed by atoms with Crippen molar-refractivity contribution >= 4 is 11.8 Å². The molecule has 0 amide bonds. The van der Waals surface area contributed by atoms with Gasteiger partial charge < -0.3 is 10.2 Å². The maximum Gasteiger partial charge on any atom is 0.133 e. The third-order valence-electron chi connectivity index (χ3n) is 7.87. The lowest BCUT2D eigenvalue weighted by Crippen LogP contribution is -2.25. The number of rotatable bonds is 4. The Hall–Kier alpha value is -1.61. The molecular formula is C28H38O2S. The zero-order valence-electron chi connectivity index (χ0n) is 19.7. The third kappa shape index (κ3) is 4.49. The van der Waals surface area contributed by atoms with Gasteiger partial charge in [0.25, 0.3) is 0 Å². The van der Waals surface area contributed by atoms with Crippen LogP contribution in [0.4, 0.5) is 0 Å². The van der Waals surface area contributed by atoms with E-state index in [0.717, 1.165) is 46.6 Å². The van der Waals surface area contributed by atoms with Gasteiger partial charge in [-0.05, 0) is 73.6 Å². The van der Waals surface area contributed by atoms with Crippen molar-refractivity contribution in [1.82, 2.24) is 0 Å². The normalized spacial score (nSPS) is 20.5. The van der Waals surface area contributed by atoms with Gasteiger partial charge in [0.05, 0.1) is 9.79 Å². The van der Waals surface area contributed by atoms with Gasteiger partial charge in [-0.25, -0.2) is 0 Å². The average molecular weight is 439 g/mol. The van der Waals surface area contributed by atoms with Gasteiger partial charge in [-0.1, -0.05) is 76.3 Å². The van der Waals surface area contributed by atoms with Crippen molar-refractivity contribution in [2.45, 2.75) is 113 Å². The maximum atomic E-state index is 11.3. The minimum Gasteiger partial charge on any atom is -0.506 e. The predicted molar refractivity (Wildman–Crippen MR) is 131 cm³/mol. The van der Waals surface area contributed by atoms with Crippen molar-refractivity contribution < 1.29 is 10.2 Å². The van der Waals surface area contributed by atoms with Gasteiger partial charge in [-0.2, -0.15) is 0 Å². The molecule has 31 heavy (non-hydrogen) atoms. The largest absolute Gasteiger partial charge is 0.506 e. The molecule has 0 bridgehead atoms. The van der Waals surface area contributed by atoms with Gasteiger partial charge in [-0.15, -0.1) is 0 Å². The summed E-state index contributed by atoms with van der Waals surface area (Å²) in [5.74, 6) is 0.817. The fourth-order valence-electron chi connectivity index (χ4n) is 5.89. The molecule has 2 fully saturated rings. The second-order valence-corrected chi connectivity index (χ2v) is 11.7. The van der Waals surface area contributed by atoms with Crippen LogP contribution in [0.15, 0.2) is 34.1 Å². The lowest BCUT2D eigenvalue weighted by molar-refractivity contribution is 0.306. The summed E-state index contributed by atoms with van der Waals surface area (Å²) >= 11 is 1.52. The first-order valence-corrected chi connectivity index (χ1v) is 12.9. The Kier molecular flexibility index (Phi) is 6.36. The van der Waals surface area contributed by atoms with Gasteiger partial charge in [0.2, 0.25) is 0 Å². The standard InChI is InChI=1S/C28H38O2S/c1-19-15-21(27(3)11-7-5-8-12-27)25(29)23(17-19)31-24-18-20(2)16-22(26(24)30)28(4)13-9-6-10-14-28/h15-18,29-30H,5-14H2,1-4H3. The lowest BCUT2D eigenvalue weighted by atomic mass is 9.70. The summed E-state index contributed by atoms with van der Waals surface area (Å²) in [6, 6.07) is 8.49. The van der Waals surface area contributed by atoms with E-state index in [-0.39, 0.29) is 10.8 Å². The highest BCUT2D eigenvalue weighted by molar-refractivity contribution is 7.99. The van der Waals surface area contributed by atoms with Crippen LogP contribution in [0, 0.1) is 13.8 Å². The summed E-state index contributed by atoms with van der Waals surface area (Å²) in [4.78, 5) is 1.73. The maximum absolute atomic E-state index is 11.3. The third-order valence-corrected chi connectivity index (χ3v) is 8.94. The second kappa shape index (κ2) is 8.73. The SMILES string of the molecule is Cc1cc(Sc2cc(C)cc(C3(C)CCCCC3)c2O)c(O)c(C2(C)CCCCC2)c1. The number of hydrogen-bond acceptors (Lipinski definition) is 3. The average Bonchev–Trinajstić information content (AvgIpc) is 2.73. The Balaban J connectivity index is 1.73. The minimum absolute atomic E-state index is 0.0407. The minimum atomic E-state index is 0.0407. The van der Waals surface area contributed by atoms with Gasteiger partial charge in [0.1, 0.15) is 11.5 Å². The molecule has 168 valence electrons. The van der Waals surface area contributed by atoms with Gasteiger partial charge in [0, 0.05) is 11.1 Å². The van der Waals surface area contributed by atoms with Crippen molar-refractivity contribution in [2.75, 3.05) is 0 Å².